The van der Waals surface area contributed by atoms with Crippen LogP contribution < -0.4 is 5.32 Å². The molecular formula is C22H25N5OS. The van der Waals surface area contributed by atoms with E-state index in [9.17, 15) is 0 Å². The summed E-state index contributed by atoms with van der Waals surface area (Å²) in [5.74, 6) is 1.76. The summed E-state index contributed by atoms with van der Waals surface area (Å²) in [6.45, 7) is 8.48. The molecule has 7 heteroatoms. The fourth-order valence-electron chi connectivity index (χ4n) is 3.98. The van der Waals surface area contributed by atoms with Crippen LogP contribution in [0.3, 0.4) is 0 Å². The molecular weight excluding hydrogens is 382 g/mol. The Balaban J connectivity index is 1.58. The molecule has 1 N–H and O–H groups in total. The quantitative estimate of drug-likeness (QED) is 0.544. The number of aryl methyl sites for hydroxylation is 3. The van der Waals surface area contributed by atoms with Crippen LogP contribution in [0.2, 0.25) is 0 Å². The molecule has 5 rings (SSSR count). The van der Waals surface area contributed by atoms with Gasteiger partial charge in [-0.3, -0.25) is 4.90 Å². The fourth-order valence-corrected chi connectivity index (χ4v) is 5.03. The molecule has 4 aromatic rings. The van der Waals surface area contributed by atoms with Crippen molar-refractivity contribution in [3.8, 4) is 0 Å². The number of anilines is 2. The highest BCUT2D eigenvalue weighted by Gasteiger charge is 2.18. The Morgan fingerprint density at radius 3 is 2.76 bits per heavy atom. The van der Waals surface area contributed by atoms with E-state index >= 15 is 0 Å². The number of aromatic nitrogens is 3. The Hall–Kier alpha value is -2.48. The van der Waals surface area contributed by atoms with Gasteiger partial charge in [-0.2, -0.15) is 0 Å². The predicted octanol–water partition coefficient (Wildman–Crippen LogP) is 4.38. The third kappa shape index (κ3) is 3.39. The highest BCUT2D eigenvalue weighted by molar-refractivity contribution is 7.18. The topological polar surface area (TPSA) is 55.2 Å². The molecule has 0 radical (unpaired) electrons. The molecule has 1 aromatic carbocycles. The molecule has 0 amide bonds. The molecule has 0 bridgehead atoms. The molecule has 3 aromatic heterocycles. The van der Waals surface area contributed by atoms with Gasteiger partial charge in [0.05, 0.1) is 30.8 Å². The van der Waals surface area contributed by atoms with Crippen LogP contribution in [-0.4, -0.2) is 45.7 Å². The molecule has 6 nitrogen and oxygen atoms in total. The second-order valence-corrected chi connectivity index (χ2v) is 8.84. The first-order valence-corrected chi connectivity index (χ1v) is 10.8. The second-order valence-electron chi connectivity index (χ2n) is 7.64. The predicted molar refractivity (Wildman–Crippen MR) is 119 cm³/mol. The molecule has 0 saturated carbocycles. The summed E-state index contributed by atoms with van der Waals surface area (Å²) in [5.41, 5.74) is 3.53. The molecule has 1 fully saturated rings. The van der Waals surface area contributed by atoms with Gasteiger partial charge in [-0.1, -0.05) is 18.2 Å². The number of hydrogen-bond acceptors (Lipinski definition) is 6. The average Bonchev–Trinajstić information content (AvgIpc) is 3.19. The Morgan fingerprint density at radius 1 is 1.14 bits per heavy atom. The van der Waals surface area contributed by atoms with Gasteiger partial charge in [-0.05, 0) is 25.5 Å². The highest BCUT2D eigenvalue weighted by Crippen LogP contribution is 2.36. The van der Waals surface area contributed by atoms with Crippen molar-refractivity contribution in [2.45, 2.75) is 20.4 Å². The first kappa shape index (κ1) is 18.5. The molecule has 29 heavy (non-hydrogen) atoms. The van der Waals surface area contributed by atoms with Crippen molar-refractivity contribution in [2.24, 2.45) is 7.05 Å². The van der Waals surface area contributed by atoms with E-state index in [4.69, 9.17) is 14.7 Å². The van der Waals surface area contributed by atoms with E-state index in [-0.39, 0.29) is 0 Å². The minimum Gasteiger partial charge on any atom is -0.379 e. The number of morpholine rings is 1. The van der Waals surface area contributed by atoms with Crippen LogP contribution >= 0.6 is 11.3 Å². The van der Waals surface area contributed by atoms with Crippen molar-refractivity contribution in [1.29, 1.82) is 0 Å². The number of rotatable bonds is 4. The number of para-hydroxylation sites is 1. The van der Waals surface area contributed by atoms with Crippen molar-refractivity contribution in [3.63, 3.8) is 0 Å². The maximum atomic E-state index is 5.48. The maximum absolute atomic E-state index is 5.48. The summed E-state index contributed by atoms with van der Waals surface area (Å²) in [6, 6.07) is 8.44. The zero-order valence-electron chi connectivity index (χ0n) is 17.0. The Bertz CT molecular complexity index is 1190. The van der Waals surface area contributed by atoms with Gasteiger partial charge >= 0.3 is 0 Å². The van der Waals surface area contributed by atoms with Gasteiger partial charge in [0.25, 0.3) is 0 Å². The van der Waals surface area contributed by atoms with Crippen LogP contribution in [0, 0.1) is 13.8 Å². The zero-order valence-corrected chi connectivity index (χ0v) is 17.8. The third-order valence-electron chi connectivity index (χ3n) is 5.69. The van der Waals surface area contributed by atoms with E-state index in [1.165, 1.54) is 21.3 Å². The molecule has 0 aliphatic carbocycles. The summed E-state index contributed by atoms with van der Waals surface area (Å²) in [4.78, 5) is 14.6. The summed E-state index contributed by atoms with van der Waals surface area (Å²) in [6.07, 6.45) is 2.13. The van der Waals surface area contributed by atoms with Gasteiger partial charge in [0.15, 0.2) is 0 Å². The lowest BCUT2D eigenvalue weighted by Crippen LogP contribution is -2.36. The number of nitrogens with zero attached hydrogens (tertiary/aromatic N) is 4. The summed E-state index contributed by atoms with van der Waals surface area (Å²) in [7, 11) is 2.08. The van der Waals surface area contributed by atoms with Crippen molar-refractivity contribution in [1.82, 2.24) is 19.4 Å². The molecule has 150 valence electrons. The summed E-state index contributed by atoms with van der Waals surface area (Å²) in [5, 5.41) is 5.96. The molecule has 4 heterocycles. The average molecular weight is 408 g/mol. The Kier molecular flexibility index (Phi) is 4.73. The molecule has 0 spiro atoms. The monoisotopic (exact) mass is 407 g/mol. The van der Waals surface area contributed by atoms with Crippen molar-refractivity contribution < 1.29 is 4.74 Å². The highest BCUT2D eigenvalue weighted by atomic mass is 32.1. The van der Waals surface area contributed by atoms with Gasteiger partial charge in [0.1, 0.15) is 16.5 Å². The number of ether oxygens (including phenoxy) is 1. The molecule has 0 atom stereocenters. The van der Waals surface area contributed by atoms with E-state index in [1.54, 1.807) is 11.3 Å². The zero-order chi connectivity index (χ0) is 20.0. The van der Waals surface area contributed by atoms with Crippen molar-refractivity contribution in [2.75, 3.05) is 31.6 Å². The minimum atomic E-state index is 0.750. The van der Waals surface area contributed by atoms with E-state index in [0.717, 1.165) is 60.4 Å². The van der Waals surface area contributed by atoms with Gasteiger partial charge in [0, 0.05) is 42.1 Å². The van der Waals surface area contributed by atoms with Gasteiger partial charge in [-0.15, -0.1) is 11.3 Å². The van der Waals surface area contributed by atoms with E-state index in [1.807, 2.05) is 0 Å². The maximum Gasteiger partial charge on any atom is 0.146 e. The van der Waals surface area contributed by atoms with E-state index < -0.39 is 0 Å². The lowest BCUT2D eigenvalue weighted by atomic mass is 10.2. The molecule has 1 saturated heterocycles. The van der Waals surface area contributed by atoms with E-state index in [0.29, 0.717) is 0 Å². The first-order chi connectivity index (χ1) is 14.1. The fraction of sp³-hybridized carbons (Fsp3) is 0.364. The Morgan fingerprint density at radius 2 is 1.93 bits per heavy atom. The SMILES string of the molecule is Cc1sc2nc(CN3CCOCC3)nc(Nc3cn(C)c4ccccc34)c2c1C. The lowest BCUT2D eigenvalue weighted by Gasteiger charge is -2.25. The number of fused-ring (bicyclic) bond motifs is 2. The van der Waals surface area contributed by atoms with Crippen LogP contribution in [0.15, 0.2) is 30.5 Å². The van der Waals surface area contributed by atoms with Crippen molar-refractivity contribution in [3.05, 3.63) is 46.7 Å². The van der Waals surface area contributed by atoms with Gasteiger partial charge in [-0.25, -0.2) is 9.97 Å². The lowest BCUT2D eigenvalue weighted by molar-refractivity contribution is 0.0331. The van der Waals surface area contributed by atoms with Gasteiger partial charge < -0.3 is 14.6 Å². The molecule has 0 unspecified atom stereocenters. The number of thiophene rings is 1. The van der Waals surface area contributed by atoms with Crippen LogP contribution in [-0.2, 0) is 18.3 Å². The summed E-state index contributed by atoms with van der Waals surface area (Å²) < 4.78 is 7.63. The van der Waals surface area contributed by atoms with Gasteiger partial charge in [0.2, 0.25) is 0 Å². The normalized spacial score (nSPS) is 15.4. The Labute approximate surface area is 174 Å². The standard InChI is InChI=1S/C22H25N5OS/c1-14-15(2)29-22-20(14)21(24-19(25-22)13-27-8-10-28-11-9-27)23-17-12-26(3)18-7-5-4-6-16(17)18/h4-7,12H,8-11,13H2,1-3H3,(H,23,24,25). The number of nitrogens with one attached hydrogen (secondary N) is 1. The van der Waals surface area contributed by atoms with Crippen LogP contribution in [0.1, 0.15) is 16.3 Å². The number of hydrogen-bond donors (Lipinski definition) is 1. The first-order valence-electron chi connectivity index (χ1n) is 9.98. The van der Waals surface area contributed by atoms with Crippen LogP contribution in [0.5, 0.6) is 0 Å². The molecule has 1 aliphatic rings. The van der Waals surface area contributed by atoms with E-state index in [2.05, 4.69) is 66.1 Å². The second kappa shape index (κ2) is 7.40. The third-order valence-corrected chi connectivity index (χ3v) is 6.79. The smallest absolute Gasteiger partial charge is 0.146 e. The molecule has 1 aliphatic heterocycles. The summed E-state index contributed by atoms with van der Waals surface area (Å²) >= 11 is 1.75. The number of benzene rings is 1. The largest absolute Gasteiger partial charge is 0.379 e. The van der Waals surface area contributed by atoms with Crippen LogP contribution in [0.25, 0.3) is 21.1 Å². The van der Waals surface area contributed by atoms with Crippen LogP contribution in [0.4, 0.5) is 11.5 Å². The minimum absolute atomic E-state index is 0.750. The van der Waals surface area contributed by atoms with Crippen molar-refractivity contribution >= 4 is 44.0 Å².